The Kier molecular flexibility index (Phi) is 8.46. The lowest BCUT2D eigenvalue weighted by Crippen LogP contribution is -2.31. The Labute approximate surface area is 194 Å². The second-order valence-electron chi connectivity index (χ2n) is 7.31. The Morgan fingerprint density at radius 1 is 1.00 bits per heavy atom. The number of methoxy groups -OCH3 is 1. The molecule has 3 rings (SSSR count). The van der Waals surface area contributed by atoms with Crippen LogP contribution < -0.4 is 14.8 Å². The van der Waals surface area contributed by atoms with Gasteiger partial charge in [0.25, 0.3) is 5.91 Å². The van der Waals surface area contributed by atoms with Crippen molar-refractivity contribution >= 4 is 17.6 Å². The van der Waals surface area contributed by atoms with Gasteiger partial charge in [-0.15, -0.1) is 0 Å². The van der Waals surface area contributed by atoms with Gasteiger partial charge >= 0.3 is 0 Å². The fraction of sp³-hybridized carbons (Fsp3) is 0.320. The second-order valence-corrected chi connectivity index (χ2v) is 7.31. The maximum absolute atomic E-state index is 13.0. The molecule has 0 fully saturated rings. The molecule has 1 heterocycles. The molecule has 33 heavy (non-hydrogen) atoms. The Morgan fingerprint density at radius 2 is 1.67 bits per heavy atom. The molecule has 174 valence electrons. The molecule has 0 atom stereocenters. The number of nitrogens with zero attached hydrogens (tertiary/aromatic N) is 3. The van der Waals surface area contributed by atoms with Crippen molar-refractivity contribution in [2.45, 2.75) is 26.7 Å². The lowest BCUT2D eigenvalue weighted by Gasteiger charge is -2.19. The Morgan fingerprint density at radius 3 is 2.30 bits per heavy atom. The van der Waals surface area contributed by atoms with Crippen LogP contribution in [0.5, 0.6) is 11.5 Å². The molecule has 0 bridgehead atoms. The fourth-order valence-electron chi connectivity index (χ4n) is 3.36. The highest BCUT2D eigenvalue weighted by Gasteiger charge is 2.23. The molecule has 0 spiro atoms. The maximum atomic E-state index is 13.0. The van der Waals surface area contributed by atoms with E-state index in [9.17, 15) is 9.59 Å². The van der Waals surface area contributed by atoms with Crippen LogP contribution in [-0.2, 0) is 4.79 Å². The van der Waals surface area contributed by atoms with Crippen LogP contribution in [0, 0.1) is 0 Å². The summed E-state index contributed by atoms with van der Waals surface area (Å²) in [6, 6.07) is 16.7. The monoisotopic (exact) mass is 450 g/mol. The number of hydrogen-bond acceptors (Lipinski definition) is 5. The molecule has 1 N–H and O–H groups in total. The topological polar surface area (TPSA) is 85.7 Å². The molecule has 0 aliphatic carbocycles. The SMILES string of the molecule is CCN(CC)C(=O)c1cnn(-c2ccccc2)c1NC(=O)CCCOc1ccc(OC)cc1. The predicted molar refractivity (Wildman–Crippen MR) is 127 cm³/mol. The molecule has 8 nitrogen and oxygen atoms in total. The first kappa shape index (κ1) is 23.8. The van der Waals surface area contributed by atoms with Gasteiger partial charge in [-0.05, 0) is 56.7 Å². The third-order valence-corrected chi connectivity index (χ3v) is 5.19. The van der Waals surface area contributed by atoms with E-state index in [0.717, 1.165) is 11.4 Å². The van der Waals surface area contributed by atoms with E-state index in [2.05, 4.69) is 10.4 Å². The number of carbonyl (C=O) groups is 2. The van der Waals surface area contributed by atoms with Crippen LogP contribution in [0.25, 0.3) is 5.69 Å². The van der Waals surface area contributed by atoms with Gasteiger partial charge in [0, 0.05) is 19.5 Å². The molecule has 2 amide bonds. The summed E-state index contributed by atoms with van der Waals surface area (Å²) in [6.45, 7) is 5.38. The van der Waals surface area contributed by atoms with Gasteiger partial charge in [0.05, 0.1) is 25.6 Å². The van der Waals surface area contributed by atoms with Crippen LogP contribution >= 0.6 is 0 Å². The Bertz CT molecular complexity index is 1040. The van der Waals surface area contributed by atoms with Crippen LogP contribution in [-0.4, -0.2) is 53.3 Å². The van der Waals surface area contributed by atoms with Crippen LogP contribution in [0.3, 0.4) is 0 Å². The number of nitrogens with one attached hydrogen (secondary N) is 1. The number of benzene rings is 2. The van der Waals surface area contributed by atoms with Crippen LogP contribution in [0.2, 0.25) is 0 Å². The highest BCUT2D eigenvalue weighted by molar-refractivity contribution is 6.03. The van der Waals surface area contributed by atoms with Crippen LogP contribution in [0.4, 0.5) is 5.82 Å². The average Bonchev–Trinajstić information content (AvgIpc) is 3.26. The highest BCUT2D eigenvalue weighted by atomic mass is 16.5. The quantitative estimate of drug-likeness (QED) is 0.444. The standard InChI is InChI=1S/C25H30N4O4/c1-4-28(5-2)25(31)22-18-26-29(19-10-7-6-8-11-19)24(22)27-23(30)12-9-17-33-21-15-13-20(32-3)14-16-21/h6-8,10-11,13-16,18H,4-5,9,12,17H2,1-3H3,(H,27,30). The highest BCUT2D eigenvalue weighted by Crippen LogP contribution is 2.22. The van der Waals surface area contributed by atoms with Gasteiger partial charge in [-0.3, -0.25) is 9.59 Å². The Hall–Kier alpha value is -3.81. The summed E-state index contributed by atoms with van der Waals surface area (Å²) in [5, 5.41) is 7.28. The summed E-state index contributed by atoms with van der Waals surface area (Å²) in [5.74, 6) is 1.47. The van der Waals surface area contributed by atoms with Gasteiger partial charge in [0.15, 0.2) is 0 Å². The third-order valence-electron chi connectivity index (χ3n) is 5.19. The first-order valence-electron chi connectivity index (χ1n) is 11.1. The summed E-state index contributed by atoms with van der Waals surface area (Å²) >= 11 is 0. The molecule has 3 aromatic rings. The van der Waals surface area contributed by atoms with Crippen molar-refractivity contribution in [2.75, 3.05) is 32.1 Å². The molecular formula is C25H30N4O4. The summed E-state index contributed by atoms with van der Waals surface area (Å²) in [6.07, 6.45) is 2.28. The molecule has 0 saturated heterocycles. The third kappa shape index (κ3) is 6.12. The van der Waals surface area contributed by atoms with Gasteiger partial charge < -0.3 is 19.7 Å². The molecule has 0 radical (unpaired) electrons. The van der Waals surface area contributed by atoms with Gasteiger partial charge in [-0.2, -0.15) is 5.10 Å². The van der Waals surface area contributed by atoms with E-state index in [1.165, 1.54) is 6.20 Å². The molecule has 0 aliphatic rings. The van der Waals surface area contributed by atoms with E-state index in [1.807, 2.05) is 68.4 Å². The minimum absolute atomic E-state index is 0.166. The van der Waals surface area contributed by atoms with E-state index < -0.39 is 0 Å². The van der Waals surface area contributed by atoms with Crippen molar-refractivity contribution < 1.29 is 19.1 Å². The average molecular weight is 451 g/mol. The van der Waals surface area contributed by atoms with E-state index >= 15 is 0 Å². The number of anilines is 1. The zero-order valence-electron chi connectivity index (χ0n) is 19.3. The van der Waals surface area contributed by atoms with Crippen molar-refractivity contribution in [3.8, 4) is 17.2 Å². The van der Waals surface area contributed by atoms with Gasteiger partial charge in [0.2, 0.25) is 5.91 Å². The molecule has 2 aromatic carbocycles. The Balaban J connectivity index is 1.67. The first-order valence-corrected chi connectivity index (χ1v) is 11.1. The summed E-state index contributed by atoms with van der Waals surface area (Å²) in [7, 11) is 1.61. The van der Waals surface area contributed by atoms with Gasteiger partial charge in [-0.25, -0.2) is 4.68 Å². The molecule has 8 heteroatoms. The van der Waals surface area contributed by atoms with Crippen LogP contribution in [0.15, 0.2) is 60.8 Å². The van der Waals surface area contributed by atoms with Crippen molar-refractivity contribution in [3.63, 3.8) is 0 Å². The van der Waals surface area contributed by atoms with Crippen molar-refractivity contribution in [1.29, 1.82) is 0 Å². The molecule has 0 unspecified atom stereocenters. The summed E-state index contributed by atoms with van der Waals surface area (Å²) in [5.41, 5.74) is 1.12. The van der Waals surface area contributed by atoms with E-state index in [0.29, 0.717) is 43.2 Å². The number of para-hydroxylation sites is 1. The smallest absolute Gasteiger partial charge is 0.259 e. The van der Waals surface area contributed by atoms with E-state index in [4.69, 9.17) is 9.47 Å². The largest absolute Gasteiger partial charge is 0.497 e. The first-order chi connectivity index (χ1) is 16.1. The number of rotatable bonds is 11. The minimum Gasteiger partial charge on any atom is -0.497 e. The summed E-state index contributed by atoms with van der Waals surface area (Å²) in [4.78, 5) is 27.4. The van der Waals surface area contributed by atoms with E-state index in [-0.39, 0.29) is 18.2 Å². The molecule has 1 aromatic heterocycles. The fourth-order valence-corrected chi connectivity index (χ4v) is 3.36. The lowest BCUT2D eigenvalue weighted by atomic mass is 10.2. The summed E-state index contributed by atoms with van der Waals surface area (Å²) < 4.78 is 12.4. The number of hydrogen-bond donors (Lipinski definition) is 1. The van der Waals surface area contributed by atoms with Gasteiger partial charge in [0.1, 0.15) is 22.9 Å². The number of amides is 2. The van der Waals surface area contributed by atoms with Crippen molar-refractivity contribution in [2.24, 2.45) is 0 Å². The van der Waals surface area contributed by atoms with Gasteiger partial charge in [-0.1, -0.05) is 18.2 Å². The number of ether oxygens (including phenoxy) is 2. The molecule has 0 saturated carbocycles. The number of aromatic nitrogens is 2. The second kappa shape index (κ2) is 11.7. The normalized spacial score (nSPS) is 10.5. The van der Waals surface area contributed by atoms with Crippen LogP contribution in [0.1, 0.15) is 37.0 Å². The number of carbonyl (C=O) groups excluding carboxylic acids is 2. The van der Waals surface area contributed by atoms with Crippen molar-refractivity contribution in [1.82, 2.24) is 14.7 Å². The lowest BCUT2D eigenvalue weighted by molar-refractivity contribution is -0.116. The van der Waals surface area contributed by atoms with Crippen molar-refractivity contribution in [3.05, 3.63) is 66.4 Å². The predicted octanol–water partition coefficient (Wildman–Crippen LogP) is 4.16. The minimum atomic E-state index is -0.209. The zero-order chi connectivity index (χ0) is 23.6. The maximum Gasteiger partial charge on any atom is 0.259 e. The molecule has 0 aliphatic heterocycles. The zero-order valence-corrected chi connectivity index (χ0v) is 19.3. The molecular weight excluding hydrogens is 420 g/mol. The van der Waals surface area contributed by atoms with E-state index in [1.54, 1.807) is 16.7 Å².